The van der Waals surface area contributed by atoms with Gasteiger partial charge in [0, 0.05) is 6.54 Å². The molecule has 8 nitrogen and oxygen atoms in total. The summed E-state index contributed by atoms with van der Waals surface area (Å²) < 4.78 is 22.6. The summed E-state index contributed by atoms with van der Waals surface area (Å²) in [5.41, 5.74) is 6.38. The van der Waals surface area contributed by atoms with Crippen LogP contribution in [0, 0.1) is 0 Å². The maximum atomic E-state index is 12.3. The van der Waals surface area contributed by atoms with E-state index in [2.05, 4.69) is 13.8 Å². The molecule has 2 amide bonds. The zero-order chi connectivity index (χ0) is 32.8. The average Bonchev–Trinajstić information content (AvgIpc) is 3.33. The minimum Gasteiger partial charge on any atom is -0.494 e. The number of hydrogen-bond acceptors (Lipinski definition) is 7. The van der Waals surface area contributed by atoms with Crippen molar-refractivity contribution in [2.75, 3.05) is 39.5 Å². The normalized spacial score (nSPS) is 11.9. The lowest BCUT2D eigenvalue weighted by atomic mass is 10.1. The van der Waals surface area contributed by atoms with E-state index in [0.717, 1.165) is 55.5 Å². The second-order valence-corrected chi connectivity index (χ2v) is 11.3. The van der Waals surface area contributed by atoms with Crippen molar-refractivity contribution in [3.63, 3.8) is 0 Å². The van der Waals surface area contributed by atoms with Crippen LogP contribution in [0.2, 0.25) is 0 Å². The number of ether oxygens (including phenoxy) is 4. The molecular weight excluding hydrogens is 580 g/mol. The highest BCUT2D eigenvalue weighted by Crippen LogP contribution is 2.23. The van der Waals surface area contributed by atoms with Crippen LogP contribution >= 0.6 is 0 Å². The van der Waals surface area contributed by atoms with Gasteiger partial charge >= 0.3 is 0 Å². The number of rotatable bonds is 21. The number of amides is 2. The Morgan fingerprint density at radius 3 is 1.24 bits per heavy atom. The van der Waals surface area contributed by atoms with Crippen molar-refractivity contribution in [3.05, 3.63) is 83.9 Å². The summed E-state index contributed by atoms with van der Waals surface area (Å²) in [5, 5.41) is 0. The number of benzene rings is 3. The molecule has 1 aliphatic rings. The van der Waals surface area contributed by atoms with Crippen LogP contribution in [0.1, 0.15) is 98.8 Å². The molecule has 0 aliphatic carbocycles. The van der Waals surface area contributed by atoms with Gasteiger partial charge in [0.05, 0.1) is 37.6 Å². The standard InChI is InChI=1S/C23H27NO4.C15H25NO2/c1-2-3-4-7-16-27-18-11-13-19(14-12-18)28-17-8-15-24-22(25)20-9-5-6-10-21(20)23(24)26;1-2-3-4-5-12-17-14-7-9-15(10-8-14)18-13-6-11-16/h5-6,9-14H,2-4,7-8,15-17H2,1H3;7-10H,2-6,11-13,16H2,1H3. The number of imide groups is 1. The number of nitrogens with zero attached hydrogens (tertiary/aromatic N) is 1. The molecule has 0 bridgehead atoms. The van der Waals surface area contributed by atoms with E-state index >= 15 is 0 Å². The van der Waals surface area contributed by atoms with Gasteiger partial charge in [0.2, 0.25) is 0 Å². The van der Waals surface area contributed by atoms with Crippen LogP contribution in [0.25, 0.3) is 0 Å². The number of fused-ring (bicyclic) bond motifs is 1. The van der Waals surface area contributed by atoms with Crippen molar-refractivity contribution >= 4 is 11.8 Å². The second kappa shape index (κ2) is 21.7. The molecule has 8 heteroatoms. The third-order valence-electron chi connectivity index (χ3n) is 7.47. The maximum absolute atomic E-state index is 12.3. The van der Waals surface area contributed by atoms with Gasteiger partial charge in [-0.3, -0.25) is 14.5 Å². The van der Waals surface area contributed by atoms with Crippen LogP contribution in [-0.2, 0) is 0 Å². The molecule has 0 fully saturated rings. The minimum absolute atomic E-state index is 0.221. The Morgan fingerprint density at radius 1 is 0.500 bits per heavy atom. The van der Waals surface area contributed by atoms with Crippen molar-refractivity contribution in [3.8, 4) is 23.0 Å². The highest BCUT2D eigenvalue weighted by molar-refractivity contribution is 6.21. The Labute approximate surface area is 275 Å². The van der Waals surface area contributed by atoms with Crippen LogP contribution in [0.3, 0.4) is 0 Å². The van der Waals surface area contributed by atoms with Crippen molar-refractivity contribution < 1.29 is 28.5 Å². The van der Waals surface area contributed by atoms with E-state index < -0.39 is 0 Å². The lowest BCUT2D eigenvalue weighted by Gasteiger charge is -2.14. The second-order valence-electron chi connectivity index (χ2n) is 11.3. The van der Waals surface area contributed by atoms with Gasteiger partial charge in [-0.2, -0.15) is 0 Å². The van der Waals surface area contributed by atoms with E-state index in [4.69, 9.17) is 24.7 Å². The van der Waals surface area contributed by atoms with E-state index in [0.29, 0.717) is 43.9 Å². The largest absolute Gasteiger partial charge is 0.494 e. The number of carbonyl (C=O) groups excluding carboxylic acids is 2. The highest BCUT2D eigenvalue weighted by atomic mass is 16.5. The van der Waals surface area contributed by atoms with Crippen LogP contribution in [0.15, 0.2) is 72.8 Å². The lowest BCUT2D eigenvalue weighted by Crippen LogP contribution is -2.31. The van der Waals surface area contributed by atoms with Crippen LogP contribution < -0.4 is 24.7 Å². The maximum Gasteiger partial charge on any atom is 0.261 e. The first-order valence-electron chi connectivity index (χ1n) is 16.9. The lowest BCUT2D eigenvalue weighted by molar-refractivity contribution is 0.0646. The van der Waals surface area contributed by atoms with E-state index in [9.17, 15) is 9.59 Å². The van der Waals surface area contributed by atoms with Gasteiger partial charge in [0.1, 0.15) is 23.0 Å². The fraction of sp³-hybridized carbons (Fsp3) is 0.474. The van der Waals surface area contributed by atoms with E-state index in [1.54, 1.807) is 24.3 Å². The summed E-state index contributed by atoms with van der Waals surface area (Å²) in [5.74, 6) is 2.94. The molecule has 46 heavy (non-hydrogen) atoms. The van der Waals surface area contributed by atoms with Crippen molar-refractivity contribution in [1.82, 2.24) is 4.90 Å². The van der Waals surface area contributed by atoms with E-state index in [1.807, 2.05) is 48.5 Å². The summed E-state index contributed by atoms with van der Waals surface area (Å²) in [6.07, 6.45) is 11.1. The average molecular weight is 633 g/mol. The zero-order valence-electron chi connectivity index (χ0n) is 27.7. The number of unbranched alkanes of at least 4 members (excludes halogenated alkanes) is 6. The van der Waals surface area contributed by atoms with E-state index in [-0.39, 0.29) is 11.8 Å². The van der Waals surface area contributed by atoms with Crippen molar-refractivity contribution in [2.24, 2.45) is 5.73 Å². The van der Waals surface area contributed by atoms with Crippen LogP contribution in [-0.4, -0.2) is 56.2 Å². The molecular formula is C38H52N2O6. The summed E-state index contributed by atoms with van der Waals surface area (Å²) in [7, 11) is 0. The van der Waals surface area contributed by atoms with Crippen LogP contribution in [0.4, 0.5) is 0 Å². The summed E-state index contributed by atoms with van der Waals surface area (Å²) in [4.78, 5) is 25.9. The molecule has 3 aromatic carbocycles. The van der Waals surface area contributed by atoms with Gasteiger partial charge < -0.3 is 24.7 Å². The highest BCUT2D eigenvalue weighted by Gasteiger charge is 2.34. The first-order chi connectivity index (χ1) is 22.6. The molecule has 0 radical (unpaired) electrons. The van der Waals surface area contributed by atoms with Gasteiger partial charge in [0.15, 0.2) is 0 Å². The molecule has 0 saturated heterocycles. The van der Waals surface area contributed by atoms with Crippen molar-refractivity contribution in [1.29, 1.82) is 0 Å². The first kappa shape index (κ1) is 36.4. The Bertz CT molecular complexity index is 1240. The molecule has 1 aliphatic heterocycles. The van der Waals surface area contributed by atoms with E-state index in [1.165, 1.54) is 43.4 Å². The molecule has 250 valence electrons. The summed E-state index contributed by atoms with van der Waals surface area (Å²) in [6, 6.07) is 22.3. The molecule has 1 heterocycles. The predicted molar refractivity (Wildman–Crippen MR) is 183 cm³/mol. The topological polar surface area (TPSA) is 100 Å². The third kappa shape index (κ3) is 12.8. The molecule has 2 N–H and O–H groups in total. The monoisotopic (exact) mass is 632 g/mol. The summed E-state index contributed by atoms with van der Waals surface area (Å²) >= 11 is 0. The van der Waals surface area contributed by atoms with Gasteiger partial charge in [-0.1, -0.05) is 64.5 Å². The van der Waals surface area contributed by atoms with Gasteiger partial charge in [-0.15, -0.1) is 0 Å². The Kier molecular flexibility index (Phi) is 17.1. The fourth-order valence-corrected chi connectivity index (χ4v) is 4.83. The molecule has 0 saturated carbocycles. The van der Waals surface area contributed by atoms with Gasteiger partial charge in [-0.25, -0.2) is 0 Å². The molecule has 0 atom stereocenters. The van der Waals surface area contributed by atoms with Crippen molar-refractivity contribution in [2.45, 2.75) is 78.1 Å². The van der Waals surface area contributed by atoms with Gasteiger partial charge in [0.25, 0.3) is 11.8 Å². The molecule has 3 aromatic rings. The quantitative estimate of drug-likeness (QED) is 0.0936. The molecule has 0 unspecified atom stereocenters. The fourth-order valence-electron chi connectivity index (χ4n) is 4.83. The Morgan fingerprint density at radius 2 is 0.870 bits per heavy atom. The first-order valence-corrected chi connectivity index (χ1v) is 16.9. The summed E-state index contributed by atoms with van der Waals surface area (Å²) in [6.45, 7) is 8.07. The SMILES string of the molecule is CCCCCCOc1ccc(OCCCN)cc1.CCCCCCOc1ccc(OCCCN2C(=O)c3ccccc3C2=O)cc1. The molecule has 0 spiro atoms. The Balaban J connectivity index is 0.000000277. The zero-order valence-corrected chi connectivity index (χ0v) is 27.7. The molecule has 0 aromatic heterocycles. The Hall–Kier alpha value is -4.04. The smallest absolute Gasteiger partial charge is 0.261 e. The minimum atomic E-state index is -0.221. The number of carbonyl (C=O) groups is 2. The molecule has 4 rings (SSSR count). The number of hydrogen-bond donors (Lipinski definition) is 1. The van der Waals surface area contributed by atoms with Gasteiger partial charge in [-0.05, 0) is 92.9 Å². The van der Waals surface area contributed by atoms with Crippen LogP contribution in [0.5, 0.6) is 23.0 Å². The third-order valence-corrected chi connectivity index (χ3v) is 7.47. The predicted octanol–water partition coefficient (Wildman–Crippen LogP) is 8.08. The number of nitrogens with two attached hydrogens (primary N) is 1.